The summed E-state index contributed by atoms with van der Waals surface area (Å²) in [6.07, 6.45) is 0. The summed E-state index contributed by atoms with van der Waals surface area (Å²) in [7, 11) is 0. The van der Waals surface area contributed by atoms with Crippen molar-refractivity contribution < 1.29 is 4.79 Å². The maximum atomic E-state index is 13.1. The fraction of sp³-hybridized carbons (Fsp3) is 0. The normalized spacial score (nSPS) is 12.3. The van der Waals surface area contributed by atoms with Crippen LogP contribution < -0.4 is 0 Å². The lowest BCUT2D eigenvalue weighted by atomic mass is 9.96. The Morgan fingerprint density at radius 2 is 1.44 bits per heavy atom. The highest BCUT2D eigenvalue weighted by Crippen LogP contribution is 2.45. The summed E-state index contributed by atoms with van der Waals surface area (Å²) >= 11 is 6.40. The zero-order valence-corrected chi connectivity index (χ0v) is 13.9. The molecule has 2 nitrogen and oxygen atoms in total. The highest BCUT2D eigenvalue weighted by atomic mass is 35.5. The molecule has 0 saturated carbocycles. The third kappa shape index (κ3) is 1.98. The van der Waals surface area contributed by atoms with Gasteiger partial charge in [0.2, 0.25) is 0 Å². The van der Waals surface area contributed by atoms with Crippen molar-refractivity contribution in [1.29, 1.82) is 0 Å². The van der Waals surface area contributed by atoms with Crippen molar-refractivity contribution in [2.45, 2.75) is 0 Å². The molecule has 0 amide bonds. The lowest BCUT2D eigenvalue weighted by Crippen LogP contribution is -1.99. The molecule has 5 rings (SSSR count). The average molecular weight is 342 g/mol. The number of para-hydroxylation sites is 1. The topological polar surface area (TPSA) is 30.0 Å². The molecule has 3 aromatic carbocycles. The maximum absolute atomic E-state index is 13.1. The van der Waals surface area contributed by atoms with Crippen molar-refractivity contribution in [2.75, 3.05) is 0 Å². The van der Waals surface area contributed by atoms with E-state index in [-0.39, 0.29) is 5.78 Å². The van der Waals surface area contributed by atoms with Crippen molar-refractivity contribution in [3.63, 3.8) is 0 Å². The molecule has 1 heterocycles. The standard InChI is InChI=1S/C22H12ClNO/c23-17-12-6-11-16-19-18(14-9-4-5-10-15(14)22(19)25)20(24-21(16)17)13-7-2-1-3-8-13/h1-12H. The van der Waals surface area contributed by atoms with Gasteiger partial charge in [0.15, 0.2) is 5.78 Å². The van der Waals surface area contributed by atoms with Crippen LogP contribution in [0, 0.1) is 0 Å². The van der Waals surface area contributed by atoms with Crippen LogP contribution in [0.5, 0.6) is 0 Å². The van der Waals surface area contributed by atoms with Crippen LogP contribution in [0.15, 0.2) is 72.8 Å². The lowest BCUT2D eigenvalue weighted by Gasteiger charge is -2.12. The number of rotatable bonds is 1. The summed E-state index contributed by atoms with van der Waals surface area (Å²) in [5.74, 6) is 0.0393. The fourth-order valence-corrected chi connectivity index (χ4v) is 3.81. The Labute approximate surface area is 149 Å². The highest BCUT2D eigenvalue weighted by molar-refractivity contribution is 6.37. The number of benzene rings is 3. The third-order valence-electron chi connectivity index (χ3n) is 4.68. The molecule has 3 heteroatoms. The van der Waals surface area contributed by atoms with Crippen LogP contribution in [0.1, 0.15) is 15.9 Å². The number of carbonyl (C=O) groups is 1. The van der Waals surface area contributed by atoms with Crippen LogP contribution in [-0.4, -0.2) is 10.8 Å². The first-order valence-electron chi connectivity index (χ1n) is 8.07. The lowest BCUT2D eigenvalue weighted by molar-refractivity contribution is 0.104. The number of pyridine rings is 1. The molecule has 0 atom stereocenters. The van der Waals surface area contributed by atoms with Gasteiger partial charge in [0.25, 0.3) is 0 Å². The van der Waals surface area contributed by atoms with Gasteiger partial charge in [0.1, 0.15) is 0 Å². The van der Waals surface area contributed by atoms with Gasteiger partial charge in [0, 0.05) is 27.6 Å². The van der Waals surface area contributed by atoms with Crippen LogP contribution in [0.25, 0.3) is 33.3 Å². The first kappa shape index (κ1) is 14.4. The van der Waals surface area contributed by atoms with E-state index in [2.05, 4.69) is 0 Å². The van der Waals surface area contributed by atoms with Gasteiger partial charge in [-0.3, -0.25) is 4.79 Å². The first-order chi connectivity index (χ1) is 12.3. The summed E-state index contributed by atoms with van der Waals surface area (Å²) in [5, 5.41) is 1.37. The molecular weight excluding hydrogens is 330 g/mol. The summed E-state index contributed by atoms with van der Waals surface area (Å²) in [6, 6.07) is 23.3. The molecule has 0 N–H and O–H groups in total. The molecule has 1 aliphatic carbocycles. The molecule has 0 fully saturated rings. The summed E-state index contributed by atoms with van der Waals surface area (Å²) < 4.78 is 0. The quantitative estimate of drug-likeness (QED) is 0.387. The Morgan fingerprint density at radius 3 is 2.24 bits per heavy atom. The van der Waals surface area contributed by atoms with Crippen molar-refractivity contribution in [1.82, 2.24) is 4.98 Å². The van der Waals surface area contributed by atoms with Gasteiger partial charge in [-0.25, -0.2) is 4.98 Å². The van der Waals surface area contributed by atoms with Crippen LogP contribution in [0.2, 0.25) is 5.02 Å². The van der Waals surface area contributed by atoms with Crippen LogP contribution >= 0.6 is 11.6 Å². The number of hydrogen-bond donors (Lipinski definition) is 0. The summed E-state index contributed by atoms with van der Waals surface area (Å²) in [6.45, 7) is 0. The van der Waals surface area contributed by atoms with Gasteiger partial charge in [-0.1, -0.05) is 78.3 Å². The Hall–Kier alpha value is -2.97. The fourth-order valence-electron chi connectivity index (χ4n) is 3.59. The van der Waals surface area contributed by atoms with Crippen LogP contribution in [0.4, 0.5) is 0 Å². The molecular formula is C22H12ClNO. The molecule has 0 spiro atoms. The minimum atomic E-state index is 0.0393. The van der Waals surface area contributed by atoms with Gasteiger partial charge in [-0.05, 0) is 11.6 Å². The molecule has 0 bridgehead atoms. The van der Waals surface area contributed by atoms with Gasteiger partial charge in [-0.2, -0.15) is 0 Å². The van der Waals surface area contributed by atoms with E-state index in [0.717, 1.165) is 33.3 Å². The number of ketones is 1. The zero-order valence-electron chi connectivity index (χ0n) is 13.2. The number of aromatic nitrogens is 1. The van der Waals surface area contributed by atoms with Gasteiger partial charge >= 0.3 is 0 Å². The van der Waals surface area contributed by atoms with Gasteiger partial charge in [0.05, 0.1) is 16.2 Å². The SMILES string of the molecule is O=C1c2ccccc2-c2c(-c3ccccc3)nc3c(Cl)cccc3c21. The van der Waals surface area contributed by atoms with E-state index in [1.165, 1.54) is 0 Å². The van der Waals surface area contributed by atoms with Crippen molar-refractivity contribution in [3.8, 4) is 22.4 Å². The molecule has 0 saturated heterocycles. The second-order valence-electron chi connectivity index (χ2n) is 6.09. The Morgan fingerprint density at radius 1 is 0.720 bits per heavy atom. The Balaban J connectivity index is 2.00. The number of hydrogen-bond acceptors (Lipinski definition) is 2. The first-order valence-corrected chi connectivity index (χ1v) is 8.45. The molecule has 0 aliphatic heterocycles. The molecule has 0 unspecified atom stereocenters. The van der Waals surface area contributed by atoms with Crippen molar-refractivity contribution in [2.24, 2.45) is 0 Å². The van der Waals surface area contributed by atoms with E-state index in [1.54, 1.807) is 0 Å². The zero-order chi connectivity index (χ0) is 17.0. The van der Waals surface area contributed by atoms with Crippen molar-refractivity contribution >= 4 is 28.3 Å². The highest BCUT2D eigenvalue weighted by Gasteiger charge is 2.32. The number of nitrogens with zero attached hydrogens (tertiary/aromatic N) is 1. The van der Waals surface area contributed by atoms with E-state index in [1.807, 2.05) is 72.8 Å². The van der Waals surface area contributed by atoms with Gasteiger partial charge in [-0.15, -0.1) is 0 Å². The smallest absolute Gasteiger partial charge is 0.195 e. The molecule has 118 valence electrons. The predicted octanol–water partition coefficient (Wildman–Crippen LogP) is 5.77. The molecule has 1 aromatic heterocycles. The predicted molar refractivity (Wildman–Crippen MR) is 101 cm³/mol. The Kier molecular flexibility index (Phi) is 3.03. The largest absolute Gasteiger partial charge is 0.289 e. The number of carbonyl (C=O) groups excluding carboxylic acids is 1. The Bertz CT molecular complexity index is 1170. The van der Waals surface area contributed by atoms with E-state index in [0.29, 0.717) is 16.1 Å². The molecule has 1 aliphatic rings. The third-order valence-corrected chi connectivity index (χ3v) is 4.99. The summed E-state index contributed by atoms with van der Waals surface area (Å²) in [4.78, 5) is 18.0. The van der Waals surface area contributed by atoms with E-state index >= 15 is 0 Å². The monoisotopic (exact) mass is 341 g/mol. The molecule has 4 aromatic rings. The van der Waals surface area contributed by atoms with E-state index in [9.17, 15) is 4.79 Å². The number of fused-ring (bicyclic) bond motifs is 5. The van der Waals surface area contributed by atoms with Crippen molar-refractivity contribution in [3.05, 3.63) is 88.9 Å². The molecule has 25 heavy (non-hydrogen) atoms. The van der Waals surface area contributed by atoms with E-state index in [4.69, 9.17) is 16.6 Å². The minimum Gasteiger partial charge on any atom is -0.289 e. The minimum absolute atomic E-state index is 0.0393. The van der Waals surface area contributed by atoms with Crippen LogP contribution in [-0.2, 0) is 0 Å². The summed E-state index contributed by atoms with van der Waals surface area (Å²) in [5.41, 5.74) is 5.72. The molecule has 0 radical (unpaired) electrons. The van der Waals surface area contributed by atoms with E-state index < -0.39 is 0 Å². The van der Waals surface area contributed by atoms with Gasteiger partial charge < -0.3 is 0 Å². The second-order valence-corrected chi connectivity index (χ2v) is 6.49. The average Bonchev–Trinajstić information content (AvgIpc) is 2.96. The van der Waals surface area contributed by atoms with Crippen LogP contribution in [0.3, 0.4) is 0 Å². The second kappa shape index (κ2) is 5.27. The maximum Gasteiger partial charge on any atom is 0.195 e. The number of halogens is 1.